The van der Waals surface area contributed by atoms with Crippen molar-refractivity contribution >= 4 is 16.8 Å². The Labute approximate surface area is 208 Å². The van der Waals surface area contributed by atoms with Gasteiger partial charge in [-0.25, -0.2) is 0 Å². The van der Waals surface area contributed by atoms with Crippen LogP contribution in [0.1, 0.15) is 36.1 Å². The number of allylic oxidation sites excluding steroid dienone is 4. The van der Waals surface area contributed by atoms with E-state index in [2.05, 4.69) is 139 Å². The van der Waals surface area contributed by atoms with Gasteiger partial charge in [0.05, 0.1) is 0 Å². The summed E-state index contributed by atoms with van der Waals surface area (Å²) in [7, 11) is 0. The number of hydrogen-bond acceptors (Lipinski definition) is 2. The van der Waals surface area contributed by atoms with E-state index in [0.717, 1.165) is 13.1 Å². The third-order valence-corrected chi connectivity index (χ3v) is 7.34. The van der Waals surface area contributed by atoms with Crippen molar-refractivity contribution in [2.75, 3.05) is 13.1 Å². The van der Waals surface area contributed by atoms with Crippen LogP contribution < -0.4 is 5.32 Å². The third kappa shape index (κ3) is 3.76. The monoisotopic (exact) mass is 454 g/mol. The summed E-state index contributed by atoms with van der Waals surface area (Å²) < 4.78 is 0. The van der Waals surface area contributed by atoms with E-state index in [0.29, 0.717) is 0 Å². The van der Waals surface area contributed by atoms with Crippen LogP contribution >= 0.6 is 0 Å². The molecule has 3 aromatic carbocycles. The van der Waals surface area contributed by atoms with Gasteiger partial charge in [0.2, 0.25) is 0 Å². The van der Waals surface area contributed by atoms with E-state index in [1.54, 1.807) is 0 Å². The number of nitrogens with one attached hydrogen (secondary N) is 1. The molecule has 35 heavy (non-hydrogen) atoms. The first-order valence-electron chi connectivity index (χ1n) is 12.4. The summed E-state index contributed by atoms with van der Waals surface area (Å²) in [4.78, 5) is 2.49. The molecule has 0 aromatic heterocycles. The maximum atomic E-state index is 3.88. The summed E-state index contributed by atoms with van der Waals surface area (Å²) in [6, 6.07) is 30.3. The highest BCUT2D eigenvalue weighted by Crippen LogP contribution is 2.41. The molecular weight excluding hydrogens is 424 g/mol. The Hall–Kier alpha value is -4.04. The zero-order valence-corrected chi connectivity index (χ0v) is 20.3. The minimum Gasteiger partial charge on any atom is -0.375 e. The summed E-state index contributed by atoms with van der Waals surface area (Å²) in [6.07, 6.45) is 11.5. The fraction of sp³-hybridized carbons (Fsp3) is 0.152. The molecule has 0 fully saturated rings. The second kappa shape index (κ2) is 8.63. The van der Waals surface area contributed by atoms with Gasteiger partial charge in [-0.05, 0) is 65.0 Å². The smallest absolute Gasteiger partial charge is 0.101 e. The first-order valence-corrected chi connectivity index (χ1v) is 12.4. The van der Waals surface area contributed by atoms with E-state index >= 15 is 0 Å². The van der Waals surface area contributed by atoms with Gasteiger partial charge in [0.25, 0.3) is 0 Å². The van der Waals surface area contributed by atoms with Crippen LogP contribution in [0, 0.1) is 0 Å². The largest absolute Gasteiger partial charge is 0.375 e. The number of benzene rings is 3. The molecular formula is C33H30N2. The van der Waals surface area contributed by atoms with Crippen molar-refractivity contribution in [1.82, 2.24) is 10.2 Å². The van der Waals surface area contributed by atoms with Gasteiger partial charge in [-0.3, -0.25) is 0 Å². The molecule has 1 atom stereocenters. The lowest BCUT2D eigenvalue weighted by atomic mass is 9.88. The van der Waals surface area contributed by atoms with Gasteiger partial charge in [-0.1, -0.05) is 97.1 Å². The number of fused-ring (bicyclic) bond motifs is 3. The van der Waals surface area contributed by atoms with Crippen LogP contribution in [0.5, 0.6) is 0 Å². The predicted molar refractivity (Wildman–Crippen MR) is 147 cm³/mol. The molecule has 0 radical (unpaired) electrons. The molecule has 0 bridgehead atoms. The molecule has 1 N–H and O–H groups in total. The van der Waals surface area contributed by atoms with Crippen molar-refractivity contribution in [2.45, 2.75) is 19.4 Å². The molecule has 2 heterocycles. The zero-order chi connectivity index (χ0) is 23.8. The van der Waals surface area contributed by atoms with Crippen molar-refractivity contribution < 1.29 is 0 Å². The molecule has 2 heteroatoms. The van der Waals surface area contributed by atoms with Crippen molar-refractivity contribution in [2.24, 2.45) is 0 Å². The quantitative estimate of drug-likeness (QED) is 0.449. The van der Waals surface area contributed by atoms with Crippen LogP contribution in [0.4, 0.5) is 0 Å². The van der Waals surface area contributed by atoms with Gasteiger partial charge >= 0.3 is 0 Å². The summed E-state index contributed by atoms with van der Waals surface area (Å²) in [5, 5.41) is 3.88. The van der Waals surface area contributed by atoms with Crippen LogP contribution in [0.2, 0.25) is 0 Å². The minimum atomic E-state index is -0.397. The Morgan fingerprint density at radius 1 is 0.800 bits per heavy atom. The lowest BCUT2D eigenvalue weighted by Gasteiger charge is -2.37. The van der Waals surface area contributed by atoms with Crippen molar-refractivity contribution in [3.05, 3.63) is 149 Å². The van der Waals surface area contributed by atoms with Crippen LogP contribution in [0.15, 0.2) is 127 Å². The highest BCUT2D eigenvalue weighted by Gasteiger charge is 2.33. The Balaban J connectivity index is 1.45. The predicted octanol–water partition coefficient (Wildman–Crippen LogP) is 7.17. The molecule has 6 rings (SSSR count). The number of nitrogens with zero attached hydrogens (tertiary/aromatic N) is 1. The summed E-state index contributed by atoms with van der Waals surface area (Å²) in [6.45, 7) is 6.27. The first-order chi connectivity index (χ1) is 17.1. The molecule has 0 saturated heterocycles. The summed E-state index contributed by atoms with van der Waals surface area (Å²) in [5.41, 5.74) is 11.3. The molecule has 3 aliphatic rings. The number of hydrogen-bond donors (Lipinski definition) is 1. The minimum absolute atomic E-state index is 0.397. The van der Waals surface area contributed by atoms with E-state index in [4.69, 9.17) is 0 Å². The van der Waals surface area contributed by atoms with E-state index in [1.807, 2.05) is 0 Å². The van der Waals surface area contributed by atoms with Gasteiger partial charge in [-0.2, -0.15) is 0 Å². The van der Waals surface area contributed by atoms with E-state index in [-0.39, 0.29) is 0 Å². The number of rotatable bonds is 4. The topological polar surface area (TPSA) is 15.3 Å². The fourth-order valence-electron chi connectivity index (χ4n) is 5.67. The van der Waals surface area contributed by atoms with Crippen LogP contribution in [-0.4, -0.2) is 18.0 Å². The molecule has 2 aliphatic heterocycles. The van der Waals surface area contributed by atoms with Crippen LogP contribution in [-0.2, 0) is 5.54 Å². The Bertz CT molecular complexity index is 1420. The van der Waals surface area contributed by atoms with Gasteiger partial charge < -0.3 is 10.2 Å². The van der Waals surface area contributed by atoms with Gasteiger partial charge in [0.15, 0.2) is 0 Å². The van der Waals surface area contributed by atoms with Crippen molar-refractivity contribution in [3.8, 4) is 0 Å². The van der Waals surface area contributed by atoms with Gasteiger partial charge in [0, 0.05) is 30.5 Å². The lowest BCUT2D eigenvalue weighted by molar-refractivity contribution is 0.477. The lowest BCUT2D eigenvalue weighted by Crippen LogP contribution is -2.36. The third-order valence-electron chi connectivity index (χ3n) is 7.34. The second-order valence-corrected chi connectivity index (χ2v) is 9.66. The maximum absolute atomic E-state index is 3.88. The molecule has 0 unspecified atom stereocenters. The van der Waals surface area contributed by atoms with Crippen LogP contribution in [0.3, 0.4) is 0 Å². The maximum Gasteiger partial charge on any atom is 0.101 e. The zero-order valence-electron chi connectivity index (χ0n) is 20.3. The normalized spacial score (nSPS) is 22.0. The molecule has 0 spiro atoms. The average molecular weight is 455 g/mol. The Kier molecular flexibility index (Phi) is 5.30. The van der Waals surface area contributed by atoms with Crippen LogP contribution in [0.25, 0.3) is 16.8 Å². The van der Waals surface area contributed by atoms with E-state index in [9.17, 15) is 0 Å². The average Bonchev–Trinajstić information content (AvgIpc) is 3.25. The fourth-order valence-corrected chi connectivity index (χ4v) is 5.67. The highest BCUT2D eigenvalue weighted by atomic mass is 15.1. The van der Waals surface area contributed by atoms with E-state index < -0.39 is 5.54 Å². The molecule has 1 aliphatic carbocycles. The standard InChI is InChI=1S/C33H30N2/c1-24-12-11-19-35-23-27(29-17-9-10-18-30(29)32(24)35)22-34-33(28-15-7-4-8-16-28)20-25(2)31(21-33)26-13-5-3-6-14-26/h3-18,20-22,34H,19,23H2,1-2H3/b27-22-/t33-/m0/s1. The van der Waals surface area contributed by atoms with Crippen molar-refractivity contribution in [1.29, 1.82) is 0 Å². The second-order valence-electron chi connectivity index (χ2n) is 9.66. The molecule has 2 nitrogen and oxygen atoms in total. The molecule has 0 amide bonds. The highest BCUT2D eigenvalue weighted by molar-refractivity contribution is 5.87. The van der Waals surface area contributed by atoms with E-state index in [1.165, 1.54) is 50.2 Å². The van der Waals surface area contributed by atoms with Gasteiger partial charge in [-0.15, -0.1) is 0 Å². The first kappa shape index (κ1) is 21.5. The molecule has 3 aromatic rings. The molecule has 0 saturated carbocycles. The molecule has 172 valence electrons. The van der Waals surface area contributed by atoms with Gasteiger partial charge in [0.1, 0.15) is 5.54 Å². The van der Waals surface area contributed by atoms with Crippen molar-refractivity contribution in [3.63, 3.8) is 0 Å². The summed E-state index contributed by atoms with van der Waals surface area (Å²) >= 11 is 0. The Morgan fingerprint density at radius 2 is 1.49 bits per heavy atom. The SMILES string of the molecule is CC1=C[C@@](N/C=C2/CN3CC=CC(C)=C3c3ccccc32)(c2ccccc2)C=C1c1ccccc1. The Morgan fingerprint density at radius 3 is 2.26 bits per heavy atom. The summed E-state index contributed by atoms with van der Waals surface area (Å²) in [5.74, 6) is 0.